The average Bonchev–Trinajstić information content (AvgIpc) is 2.53. The zero-order chi connectivity index (χ0) is 18.7. The summed E-state index contributed by atoms with van der Waals surface area (Å²) in [5.41, 5.74) is 0.602. The lowest BCUT2D eigenvalue weighted by Gasteiger charge is -2.14. The van der Waals surface area contributed by atoms with Gasteiger partial charge in [-0.1, -0.05) is 27.7 Å². The molecular weight excluding hydrogens is 316 g/mol. The molecule has 0 saturated carbocycles. The Morgan fingerprint density at radius 2 is 1.52 bits per heavy atom. The highest BCUT2D eigenvalue weighted by molar-refractivity contribution is 5.97. The molecule has 0 heterocycles. The minimum atomic E-state index is 0.00277. The Labute approximate surface area is 152 Å². The highest BCUT2D eigenvalue weighted by Gasteiger charge is 2.10. The second-order valence-electron chi connectivity index (χ2n) is 6.84. The van der Waals surface area contributed by atoms with E-state index in [-0.39, 0.29) is 5.78 Å². The van der Waals surface area contributed by atoms with Crippen LogP contribution in [0.5, 0.6) is 11.5 Å². The van der Waals surface area contributed by atoms with Crippen molar-refractivity contribution in [1.29, 1.82) is 0 Å². The van der Waals surface area contributed by atoms with E-state index in [2.05, 4.69) is 38.3 Å². The van der Waals surface area contributed by atoms with Gasteiger partial charge in [0, 0.05) is 18.2 Å². The van der Waals surface area contributed by atoms with Gasteiger partial charge in [-0.05, 0) is 45.0 Å². The SMILES string of the molecule is CC(=O)c1ccc(OCCCNC(C)C)cc1OCCCNC(C)C. The van der Waals surface area contributed by atoms with Gasteiger partial charge in [0.2, 0.25) is 0 Å². The monoisotopic (exact) mass is 350 g/mol. The van der Waals surface area contributed by atoms with Crippen LogP contribution in [0, 0.1) is 0 Å². The molecular formula is C20H34N2O3. The Morgan fingerprint density at radius 3 is 2.04 bits per heavy atom. The molecule has 0 aliphatic rings. The summed E-state index contributed by atoms with van der Waals surface area (Å²) in [5, 5.41) is 6.71. The van der Waals surface area contributed by atoms with Crippen LogP contribution in [-0.4, -0.2) is 44.2 Å². The van der Waals surface area contributed by atoms with Crippen molar-refractivity contribution in [2.75, 3.05) is 26.3 Å². The quantitative estimate of drug-likeness (QED) is 0.422. The standard InChI is InChI=1S/C20H34N2O3/c1-15(2)21-10-6-12-24-18-8-9-19(17(5)23)20(14-18)25-13-7-11-22-16(3)4/h8-9,14-16,21-22H,6-7,10-13H2,1-5H3. The average molecular weight is 351 g/mol. The van der Waals surface area contributed by atoms with Crippen molar-refractivity contribution in [1.82, 2.24) is 10.6 Å². The molecule has 2 N–H and O–H groups in total. The van der Waals surface area contributed by atoms with Crippen molar-refractivity contribution in [3.8, 4) is 11.5 Å². The van der Waals surface area contributed by atoms with Crippen LogP contribution < -0.4 is 20.1 Å². The van der Waals surface area contributed by atoms with Crippen LogP contribution in [0.25, 0.3) is 0 Å². The van der Waals surface area contributed by atoms with E-state index >= 15 is 0 Å². The van der Waals surface area contributed by atoms with Gasteiger partial charge in [0.05, 0.1) is 18.8 Å². The van der Waals surface area contributed by atoms with Crippen LogP contribution >= 0.6 is 0 Å². The van der Waals surface area contributed by atoms with Gasteiger partial charge in [0.25, 0.3) is 0 Å². The predicted octanol–water partition coefficient (Wildman–Crippen LogP) is 3.42. The molecule has 142 valence electrons. The third-order valence-electron chi connectivity index (χ3n) is 3.61. The molecule has 5 nitrogen and oxygen atoms in total. The Bertz CT molecular complexity index is 516. The number of hydrogen-bond donors (Lipinski definition) is 2. The summed E-state index contributed by atoms with van der Waals surface area (Å²) in [6.07, 6.45) is 1.82. The maximum Gasteiger partial charge on any atom is 0.163 e. The number of ether oxygens (including phenoxy) is 2. The predicted molar refractivity (Wildman–Crippen MR) is 103 cm³/mol. The van der Waals surface area contributed by atoms with Crippen LogP contribution in [0.4, 0.5) is 0 Å². The minimum Gasteiger partial charge on any atom is -0.493 e. The fraction of sp³-hybridized carbons (Fsp3) is 0.650. The van der Waals surface area contributed by atoms with E-state index in [4.69, 9.17) is 9.47 Å². The van der Waals surface area contributed by atoms with Crippen LogP contribution in [0.3, 0.4) is 0 Å². The van der Waals surface area contributed by atoms with E-state index in [1.54, 1.807) is 13.0 Å². The topological polar surface area (TPSA) is 59.6 Å². The van der Waals surface area contributed by atoms with E-state index in [0.717, 1.165) is 31.7 Å². The summed E-state index contributed by atoms with van der Waals surface area (Å²) >= 11 is 0. The molecule has 0 atom stereocenters. The van der Waals surface area contributed by atoms with Gasteiger partial charge >= 0.3 is 0 Å². The van der Waals surface area contributed by atoms with Crippen molar-refractivity contribution in [2.45, 2.75) is 59.5 Å². The maximum atomic E-state index is 11.8. The zero-order valence-electron chi connectivity index (χ0n) is 16.4. The molecule has 1 aromatic rings. The van der Waals surface area contributed by atoms with E-state index in [1.807, 2.05) is 12.1 Å². The van der Waals surface area contributed by atoms with E-state index in [0.29, 0.717) is 36.6 Å². The minimum absolute atomic E-state index is 0.00277. The number of carbonyl (C=O) groups is 1. The van der Waals surface area contributed by atoms with Crippen LogP contribution in [0.15, 0.2) is 18.2 Å². The van der Waals surface area contributed by atoms with Crippen molar-refractivity contribution in [2.24, 2.45) is 0 Å². The maximum absolute atomic E-state index is 11.8. The van der Waals surface area contributed by atoms with Crippen molar-refractivity contribution >= 4 is 5.78 Å². The number of ketones is 1. The molecule has 5 heteroatoms. The molecule has 0 radical (unpaired) electrons. The van der Waals surface area contributed by atoms with Gasteiger partial charge in [-0.15, -0.1) is 0 Å². The number of Topliss-reactive ketones (excluding diaryl/α,β-unsaturated/α-hetero) is 1. The number of benzene rings is 1. The van der Waals surface area contributed by atoms with Crippen LogP contribution in [-0.2, 0) is 0 Å². The summed E-state index contributed by atoms with van der Waals surface area (Å²) < 4.78 is 11.6. The van der Waals surface area contributed by atoms with Gasteiger partial charge in [0.1, 0.15) is 11.5 Å². The molecule has 0 bridgehead atoms. The first-order valence-electron chi connectivity index (χ1n) is 9.27. The Kier molecular flexibility index (Phi) is 10.2. The Morgan fingerprint density at radius 1 is 0.960 bits per heavy atom. The van der Waals surface area contributed by atoms with Gasteiger partial charge in [-0.3, -0.25) is 4.79 Å². The molecule has 0 aliphatic heterocycles. The van der Waals surface area contributed by atoms with E-state index in [1.165, 1.54) is 0 Å². The third-order valence-corrected chi connectivity index (χ3v) is 3.61. The van der Waals surface area contributed by atoms with Crippen molar-refractivity contribution in [3.05, 3.63) is 23.8 Å². The Balaban J connectivity index is 2.51. The molecule has 1 rings (SSSR count). The lowest BCUT2D eigenvalue weighted by Crippen LogP contribution is -2.25. The lowest BCUT2D eigenvalue weighted by molar-refractivity contribution is 0.101. The van der Waals surface area contributed by atoms with Crippen molar-refractivity contribution < 1.29 is 14.3 Å². The number of carbonyl (C=O) groups excluding carboxylic acids is 1. The van der Waals surface area contributed by atoms with Crippen molar-refractivity contribution in [3.63, 3.8) is 0 Å². The fourth-order valence-electron chi connectivity index (χ4n) is 2.30. The third kappa shape index (κ3) is 9.46. The highest BCUT2D eigenvalue weighted by atomic mass is 16.5. The molecule has 0 spiro atoms. The van der Waals surface area contributed by atoms with Gasteiger partial charge in [0.15, 0.2) is 5.78 Å². The normalized spacial score (nSPS) is 11.2. The number of hydrogen-bond acceptors (Lipinski definition) is 5. The summed E-state index contributed by atoms with van der Waals surface area (Å²) in [6, 6.07) is 6.39. The molecule has 0 amide bonds. The molecule has 0 unspecified atom stereocenters. The van der Waals surface area contributed by atoms with E-state index in [9.17, 15) is 4.79 Å². The van der Waals surface area contributed by atoms with Crippen LogP contribution in [0.2, 0.25) is 0 Å². The lowest BCUT2D eigenvalue weighted by atomic mass is 10.1. The molecule has 0 aromatic heterocycles. The molecule has 0 aliphatic carbocycles. The zero-order valence-corrected chi connectivity index (χ0v) is 16.4. The summed E-state index contributed by atoms with van der Waals surface area (Å²) in [6.45, 7) is 13.1. The second-order valence-corrected chi connectivity index (χ2v) is 6.84. The van der Waals surface area contributed by atoms with Crippen LogP contribution in [0.1, 0.15) is 57.8 Å². The molecule has 1 aromatic carbocycles. The first-order chi connectivity index (χ1) is 11.9. The molecule has 0 fully saturated rings. The Hall–Kier alpha value is -1.59. The summed E-state index contributed by atoms with van der Waals surface area (Å²) in [7, 11) is 0. The number of rotatable bonds is 13. The summed E-state index contributed by atoms with van der Waals surface area (Å²) in [4.78, 5) is 11.8. The largest absolute Gasteiger partial charge is 0.493 e. The number of nitrogens with one attached hydrogen (secondary N) is 2. The van der Waals surface area contributed by atoms with Gasteiger partial charge in [-0.2, -0.15) is 0 Å². The van der Waals surface area contributed by atoms with Gasteiger partial charge in [-0.25, -0.2) is 0 Å². The molecule has 0 saturated heterocycles. The second kappa shape index (κ2) is 11.9. The van der Waals surface area contributed by atoms with E-state index < -0.39 is 0 Å². The summed E-state index contributed by atoms with van der Waals surface area (Å²) in [5.74, 6) is 1.35. The molecule has 25 heavy (non-hydrogen) atoms. The fourth-order valence-corrected chi connectivity index (χ4v) is 2.30. The smallest absolute Gasteiger partial charge is 0.163 e. The highest BCUT2D eigenvalue weighted by Crippen LogP contribution is 2.25. The first kappa shape index (κ1) is 21.5. The first-order valence-corrected chi connectivity index (χ1v) is 9.27. The van der Waals surface area contributed by atoms with Gasteiger partial charge < -0.3 is 20.1 Å².